The number of amides is 1. The van der Waals surface area contributed by atoms with Gasteiger partial charge in [0, 0.05) is 23.5 Å². The Labute approximate surface area is 150 Å². The average Bonchev–Trinajstić information content (AvgIpc) is 3.12. The highest BCUT2D eigenvalue weighted by atomic mass is 16.3. The number of carbonyl (C=O) groups excluding carboxylic acids is 1. The molecule has 126 valence electrons. The molecular weight excluding hydrogens is 326 g/mol. The molecule has 5 heteroatoms. The summed E-state index contributed by atoms with van der Waals surface area (Å²) in [6.07, 6.45) is 4.81. The van der Waals surface area contributed by atoms with Crippen molar-refractivity contribution in [3.05, 3.63) is 84.7 Å². The number of para-hydroxylation sites is 2. The van der Waals surface area contributed by atoms with E-state index in [0.29, 0.717) is 11.6 Å². The molecule has 0 saturated carbocycles. The van der Waals surface area contributed by atoms with Gasteiger partial charge in [-0.2, -0.15) is 0 Å². The largest absolute Gasteiger partial charge is 0.436 e. The summed E-state index contributed by atoms with van der Waals surface area (Å²) in [5, 5.41) is 2.81. The molecule has 0 radical (unpaired) electrons. The van der Waals surface area contributed by atoms with Gasteiger partial charge >= 0.3 is 0 Å². The first-order valence-electron chi connectivity index (χ1n) is 8.14. The molecule has 0 bridgehead atoms. The molecule has 2 aromatic carbocycles. The van der Waals surface area contributed by atoms with Crippen LogP contribution in [0.5, 0.6) is 0 Å². The zero-order valence-corrected chi connectivity index (χ0v) is 13.8. The fourth-order valence-corrected chi connectivity index (χ4v) is 2.51. The van der Waals surface area contributed by atoms with Crippen LogP contribution in [-0.2, 0) is 4.79 Å². The molecule has 0 spiro atoms. The molecule has 0 aliphatic carbocycles. The molecular formula is C21H15N3O2. The summed E-state index contributed by atoms with van der Waals surface area (Å²) < 4.78 is 5.75. The van der Waals surface area contributed by atoms with E-state index < -0.39 is 0 Å². The Balaban J connectivity index is 1.45. The van der Waals surface area contributed by atoms with Gasteiger partial charge in [0.2, 0.25) is 11.8 Å². The normalized spacial score (nSPS) is 11.1. The Morgan fingerprint density at radius 3 is 2.54 bits per heavy atom. The zero-order valence-electron chi connectivity index (χ0n) is 13.8. The van der Waals surface area contributed by atoms with Crippen LogP contribution in [0.25, 0.3) is 28.6 Å². The van der Waals surface area contributed by atoms with Crippen molar-refractivity contribution in [2.75, 3.05) is 5.32 Å². The molecule has 2 heterocycles. The maximum Gasteiger partial charge on any atom is 0.248 e. The molecule has 0 saturated heterocycles. The molecule has 0 aliphatic rings. The first kappa shape index (κ1) is 15.8. The van der Waals surface area contributed by atoms with E-state index in [1.54, 1.807) is 12.3 Å². The highest BCUT2D eigenvalue weighted by molar-refractivity contribution is 6.01. The first-order valence-corrected chi connectivity index (χ1v) is 8.14. The minimum absolute atomic E-state index is 0.217. The van der Waals surface area contributed by atoms with E-state index in [0.717, 1.165) is 22.4 Å². The Morgan fingerprint density at radius 1 is 0.962 bits per heavy atom. The average molecular weight is 341 g/mol. The molecule has 4 rings (SSSR count). The van der Waals surface area contributed by atoms with Gasteiger partial charge < -0.3 is 9.73 Å². The third kappa shape index (κ3) is 3.52. The van der Waals surface area contributed by atoms with E-state index in [1.165, 1.54) is 6.08 Å². The van der Waals surface area contributed by atoms with Crippen molar-refractivity contribution in [2.45, 2.75) is 0 Å². The quantitative estimate of drug-likeness (QED) is 0.553. The van der Waals surface area contributed by atoms with E-state index >= 15 is 0 Å². The first-order chi connectivity index (χ1) is 12.8. The van der Waals surface area contributed by atoms with Crippen LogP contribution in [0.15, 0.2) is 83.4 Å². The number of fused-ring (bicyclic) bond motifs is 1. The van der Waals surface area contributed by atoms with Crippen LogP contribution >= 0.6 is 0 Å². The van der Waals surface area contributed by atoms with Crippen LogP contribution in [0.4, 0.5) is 5.69 Å². The van der Waals surface area contributed by atoms with Gasteiger partial charge in [0.15, 0.2) is 5.58 Å². The summed E-state index contributed by atoms with van der Waals surface area (Å²) >= 11 is 0. The van der Waals surface area contributed by atoms with Gasteiger partial charge in [-0.1, -0.05) is 18.2 Å². The maximum absolute atomic E-state index is 12.0. The summed E-state index contributed by atoms with van der Waals surface area (Å²) in [4.78, 5) is 20.6. The summed E-state index contributed by atoms with van der Waals surface area (Å²) in [7, 11) is 0. The number of benzene rings is 2. The van der Waals surface area contributed by atoms with Gasteiger partial charge in [-0.15, -0.1) is 0 Å². The number of hydrogen-bond donors (Lipinski definition) is 1. The second-order valence-corrected chi connectivity index (χ2v) is 5.64. The maximum atomic E-state index is 12.0. The highest BCUT2D eigenvalue weighted by Gasteiger charge is 2.07. The molecule has 0 fully saturated rings. The fourth-order valence-electron chi connectivity index (χ4n) is 2.51. The molecule has 0 unspecified atom stereocenters. The Morgan fingerprint density at radius 2 is 1.77 bits per heavy atom. The topological polar surface area (TPSA) is 68.0 Å². The number of pyridine rings is 1. The van der Waals surface area contributed by atoms with Gasteiger partial charge in [-0.25, -0.2) is 4.98 Å². The van der Waals surface area contributed by atoms with Crippen molar-refractivity contribution in [1.82, 2.24) is 9.97 Å². The minimum Gasteiger partial charge on any atom is -0.436 e. The van der Waals surface area contributed by atoms with Crippen LogP contribution in [0.1, 0.15) is 5.69 Å². The minimum atomic E-state index is -0.217. The van der Waals surface area contributed by atoms with Crippen LogP contribution in [0.2, 0.25) is 0 Å². The molecule has 5 nitrogen and oxygen atoms in total. The number of rotatable bonds is 4. The van der Waals surface area contributed by atoms with E-state index in [-0.39, 0.29) is 5.91 Å². The third-order valence-corrected chi connectivity index (χ3v) is 3.79. The Kier molecular flexibility index (Phi) is 4.26. The molecule has 0 atom stereocenters. The highest BCUT2D eigenvalue weighted by Crippen LogP contribution is 2.25. The smallest absolute Gasteiger partial charge is 0.248 e. The number of oxazole rings is 1. The van der Waals surface area contributed by atoms with Gasteiger partial charge in [-0.3, -0.25) is 9.78 Å². The number of carbonyl (C=O) groups is 1. The third-order valence-electron chi connectivity index (χ3n) is 3.79. The lowest BCUT2D eigenvalue weighted by atomic mass is 10.2. The molecule has 26 heavy (non-hydrogen) atoms. The van der Waals surface area contributed by atoms with Gasteiger partial charge in [0.05, 0.1) is 5.69 Å². The second-order valence-electron chi connectivity index (χ2n) is 5.64. The second kappa shape index (κ2) is 7.03. The summed E-state index contributed by atoms with van der Waals surface area (Å²) in [6, 6.07) is 20.5. The summed E-state index contributed by atoms with van der Waals surface area (Å²) in [5.41, 5.74) is 3.84. The lowest BCUT2D eigenvalue weighted by Crippen LogP contribution is -2.07. The number of hydrogen-bond acceptors (Lipinski definition) is 4. The lowest BCUT2D eigenvalue weighted by molar-refractivity contribution is -0.111. The Hall–Kier alpha value is -3.73. The Bertz CT molecular complexity index is 1030. The molecule has 1 amide bonds. The molecule has 0 aliphatic heterocycles. The van der Waals surface area contributed by atoms with Gasteiger partial charge in [0.1, 0.15) is 5.52 Å². The lowest BCUT2D eigenvalue weighted by Gasteiger charge is -2.02. The monoisotopic (exact) mass is 341 g/mol. The molecule has 4 aromatic rings. The molecule has 1 N–H and O–H groups in total. The van der Waals surface area contributed by atoms with Gasteiger partial charge in [0.25, 0.3) is 0 Å². The fraction of sp³-hybridized carbons (Fsp3) is 0. The number of nitrogens with one attached hydrogen (secondary N) is 1. The number of aromatic nitrogens is 2. The van der Waals surface area contributed by atoms with Crippen molar-refractivity contribution >= 4 is 28.8 Å². The number of anilines is 1. The summed E-state index contributed by atoms with van der Waals surface area (Å²) in [6.45, 7) is 0. The predicted molar refractivity (Wildman–Crippen MR) is 101 cm³/mol. The van der Waals surface area contributed by atoms with E-state index in [4.69, 9.17) is 4.42 Å². The van der Waals surface area contributed by atoms with E-state index in [1.807, 2.05) is 66.7 Å². The van der Waals surface area contributed by atoms with Crippen molar-refractivity contribution in [3.8, 4) is 11.5 Å². The molecule has 2 aromatic heterocycles. The van der Waals surface area contributed by atoms with Crippen LogP contribution in [-0.4, -0.2) is 15.9 Å². The summed E-state index contributed by atoms with van der Waals surface area (Å²) in [5.74, 6) is 0.337. The number of nitrogens with zero attached hydrogens (tertiary/aromatic N) is 2. The van der Waals surface area contributed by atoms with Gasteiger partial charge in [-0.05, 0) is 54.6 Å². The van der Waals surface area contributed by atoms with Crippen molar-refractivity contribution in [2.24, 2.45) is 0 Å². The van der Waals surface area contributed by atoms with E-state index in [2.05, 4.69) is 15.3 Å². The SMILES string of the molecule is O=C(/C=C\c1ccccn1)Nc1ccc(-c2nc3ccccc3o2)cc1. The van der Waals surface area contributed by atoms with Crippen LogP contribution in [0.3, 0.4) is 0 Å². The van der Waals surface area contributed by atoms with Crippen LogP contribution in [0, 0.1) is 0 Å². The van der Waals surface area contributed by atoms with Crippen molar-refractivity contribution in [3.63, 3.8) is 0 Å². The zero-order chi connectivity index (χ0) is 17.8. The van der Waals surface area contributed by atoms with Crippen molar-refractivity contribution in [1.29, 1.82) is 0 Å². The predicted octanol–water partition coefficient (Wildman–Crippen LogP) is 4.54. The van der Waals surface area contributed by atoms with E-state index in [9.17, 15) is 4.79 Å². The standard InChI is InChI=1S/C21H15N3O2/c25-20(13-12-16-5-3-4-14-22-16)23-17-10-8-15(9-11-17)21-24-18-6-1-2-7-19(18)26-21/h1-14H,(H,23,25)/b13-12-. The van der Waals surface area contributed by atoms with Crippen LogP contribution < -0.4 is 5.32 Å². The van der Waals surface area contributed by atoms with Crippen molar-refractivity contribution < 1.29 is 9.21 Å².